The molecule has 2 rings (SSSR count). The fraction of sp³-hybridized carbons (Fsp3) is 0.667. The van der Waals surface area contributed by atoms with Crippen molar-refractivity contribution in [1.82, 2.24) is 9.55 Å². The van der Waals surface area contributed by atoms with E-state index in [4.69, 9.17) is 14.5 Å². The molecular formula is C12H19F2N2O14P3. The van der Waals surface area contributed by atoms with Crippen LogP contribution < -0.4 is 11.2 Å². The maximum absolute atomic E-state index is 15.3. The summed E-state index contributed by atoms with van der Waals surface area (Å²) in [5.41, 5.74) is -7.83. The van der Waals surface area contributed by atoms with E-state index in [9.17, 15) is 42.6 Å². The molecule has 0 aliphatic carbocycles. The van der Waals surface area contributed by atoms with E-state index in [0.717, 1.165) is 26.1 Å². The number of H-pyrrole nitrogens is 1. The highest BCUT2D eigenvalue weighted by Gasteiger charge is 2.63. The average molecular weight is 546 g/mol. The molecule has 0 spiro atoms. The third-order valence-electron chi connectivity index (χ3n) is 4.22. The number of hydrogen-bond acceptors (Lipinski definition) is 10. The highest BCUT2D eigenvalue weighted by molar-refractivity contribution is 7.66. The van der Waals surface area contributed by atoms with Crippen LogP contribution in [0.1, 0.15) is 20.1 Å². The second-order valence-electron chi connectivity index (χ2n) is 7.22. The Morgan fingerprint density at radius 3 is 2.24 bits per heavy atom. The summed E-state index contributed by atoms with van der Waals surface area (Å²) in [4.78, 5) is 61.0. The molecule has 2 heterocycles. The first-order valence-corrected chi connectivity index (χ1v) is 13.0. The number of alkyl halides is 2. The lowest BCUT2D eigenvalue weighted by Gasteiger charge is -2.34. The molecule has 0 radical (unpaired) electrons. The quantitative estimate of drug-likeness (QED) is 0.216. The number of nitrogens with zero attached hydrogens (tertiary/aromatic N) is 1. The number of halogens is 2. The molecule has 0 saturated carbocycles. The zero-order valence-electron chi connectivity index (χ0n) is 16.5. The predicted molar refractivity (Wildman–Crippen MR) is 100 cm³/mol. The molecule has 1 aromatic rings. The molecule has 190 valence electrons. The fourth-order valence-electron chi connectivity index (χ4n) is 2.97. The van der Waals surface area contributed by atoms with Crippen LogP contribution in [0.15, 0.2) is 21.9 Å². The van der Waals surface area contributed by atoms with Gasteiger partial charge in [-0.15, -0.1) is 0 Å². The van der Waals surface area contributed by atoms with Crippen molar-refractivity contribution in [2.24, 2.45) is 0 Å². The standard InChI is InChI=1S/C12H19F2N2O14P3/c1-11(2,28-32(23,24)30-33(25,26)29-31(20,21)22)8-7(18)12(14,5-13)9(27-8)16-4-3-6(17)15-10(16)19/h3-4,7-9,18H,5H2,1-2H3,(H,23,24)(H,25,26)(H,15,17,19)(H2,20,21,22)/t7?,8-,9+,12+/m0/s1. The monoisotopic (exact) mass is 546 g/mol. The van der Waals surface area contributed by atoms with Crippen molar-refractivity contribution < 1.29 is 65.0 Å². The predicted octanol–water partition coefficient (Wildman–Crippen LogP) is -0.405. The number of ether oxygens (including phenoxy) is 1. The van der Waals surface area contributed by atoms with E-state index in [0.29, 0.717) is 4.57 Å². The number of phosphoric acid groups is 3. The van der Waals surface area contributed by atoms with Gasteiger partial charge in [-0.05, 0) is 13.8 Å². The fourth-order valence-corrected chi connectivity index (χ4v) is 6.31. The number of aromatic nitrogens is 2. The van der Waals surface area contributed by atoms with Crippen LogP contribution in [-0.4, -0.2) is 64.4 Å². The molecule has 1 fully saturated rings. The van der Waals surface area contributed by atoms with Gasteiger partial charge in [0.25, 0.3) is 5.56 Å². The number of aliphatic hydroxyl groups excluding tert-OH is 1. The Bertz CT molecular complexity index is 1150. The van der Waals surface area contributed by atoms with Gasteiger partial charge in [0.05, 0.1) is 0 Å². The molecule has 33 heavy (non-hydrogen) atoms. The first-order chi connectivity index (χ1) is 14.7. The van der Waals surface area contributed by atoms with Gasteiger partial charge in [0.15, 0.2) is 6.23 Å². The highest BCUT2D eigenvalue weighted by Crippen LogP contribution is 2.67. The molecule has 3 unspecified atom stereocenters. The molecule has 1 aliphatic rings. The van der Waals surface area contributed by atoms with Gasteiger partial charge >= 0.3 is 29.2 Å². The molecule has 0 aromatic carbocycles. The number of rotatable bonds is 9. The van der Waals surface area contributed by atoms with Gasteiger partial charge in [-0.1, -0.05) is 0 Å². The number of aliphatic hydroxyl groups is 1. The van der Waals surface area contributed by atoms with Crippen LogP contribution >= 0.6 is 23.5 Å². The number of hydrogen-bond donors (Lipinski definition) is 6. The number of phosphoric ester groups is 1. The van der Waals surface area contributed by atoms with Crippen molar-refractivity contribution >= 4 is 23.5 Å². The van der Waals surface area contributed by atoms with E-state index in [1.165, 1.54) is 0 Å². The molecule has 6 atom stereocenters. The summed E-state index contributed by atoms with van der Waals surface area (Å²) in [6, 6.07) is 0.764. The molecule has 1 saturated heterocycles. The summed E-state index contributed by atoms with van der Waals surface area (Å²) >= 11 is 0. The SMILES string of the molecule is CC(C)(OP(=O)(O)OP(=O)(O)OP(=O)(O)O)[C@H]1O[C@@H](n2ccc(=O)[nH]c2=O)[C@@](F)(CF)C1O. The van der Waals surface area contributed by atoms with Gasteiger partial charge in [0, 0.05) is 12.3 Å². The zero-order chi connectivity index (χ0) is 25.6. The minimum absolute atomic E-state index is 0.394. The van der Waals surface area contributed by atoms with Gasteiger partial charge in [-0.2, -0.15) is 8.62 Å². The van der Waals surface area contributed by atoms with Gasteiger partial charge in [-0.25, -0.2) is 27.3 Å². The van der Waals surface area contributed by atoms with Crippen LogP contribution in [0, 0.1) is 0 Å². The van der Waals surface area contributed by atoms with Gasteiger partial charge in [-0.3, -0.25) is 18.9 Å². The van der Waals surface area contributed by atoms with E-state index >= 15 is 4.39 Å². The summed E-state index contributed by atoms with van der Waals surface area (Å²) in [6.07, 6.45) is -6.00. The highest BCUT2D eigenvalue weighted by atomic mass is 31.3. The maximum Gasteiger partial charge on any atom is 0.490 e. The average Bonchev–Trinajstić information content (AvgIpc) is 2.83. The summed E-state index contributed by atoms with van der Waals surface area (Å²) < 4.78 is 80.5. The lowest BCUT2D eigenvalue weighted by atomic mass is 9.89. The van der Waals surface area contributed by atoms with Crippen LogP contribution in [-0.2, 0) is 31.6 Å². The Balaban J connectivity index is 2.35. The van der Waals surface area contributed by atoms with Crippen molar-refractivity contribution in [3.63, 3.8) is 0 Å². The van der Waals surface area contributed by atoms with Crippen molar-refractivity contribution in [3.05, 3.63) is 33.1 Å². The first kappa shape index (κ1) is 28.1. The topological polar surface area (TPSA) is 244 Å². The van der Waals surface area contributed by atoms with Crippen LogP contribution in [0.5, 0.6) is 0 Å². The molecular weight excluding hydrogens is 527 g/mol. The van der Waals surface area contributed by atoms with E-state index in [2.05, 4.69) is 13.1 Å². The number of aromatic amines is 1. The van der Waals surface area contributed by atoms with Crippen molar-refractivity contribution in [2.75, 3.05) is 6.67 Å². The Morgan fingerprint density at radius 2 is 1.76 bits per heavy atom. The Labute approximate surface area is 182 Å². The zero-order valence-corrected chi connectivity index (χ0v) is 19.2. The van der Waals surface area contributed by atoms with Crippen molar-refractivity contribution in [3.8, 4) is 0 Å². The van der Waals surface area contributed by atoms with E-state index < -0.39 is 71.1 Å². The van der Waals surface area contributed by atoms with Gasteiger partial charge in [0.1, 0.15) is 24.5 Å². The summed E-state index contributed by atoms with van der Waals surface area (Å²) in [5.74, 6) is 0. The normalized spacial score (nSPS) is 30.0. The van der Waals surface area contributed by atoms with E-state index in [-0.39, 0.29) is 0 Å². The Hall–Kier alpha value is -1.13. The second-order valence-corrected chi connectivity index (χ2v) is 11.6. The van der Waals surface area contributed by atoms with Crippen molar-refractivity contribution in [2.45, 2.75) is 43.6 Å². The van der Waals surface area contributed by atoms with E-state index in [1.54, 1.807) is 4.98 Å². The lowest BCUT2D eigenvalue weighted by molar-refractivity contribution is -0.120. The molecule has 0 bridgehead atoms. The minimum Gasteiger partial charge on any atom is -0.387 e. The maximum atomic E-state index is 15.3. The first-order valence-electron chi connectivity index (χ1n) is 8.47. The van der Waals surface area contributed by atoms with Crippen LogP contribution in [0.25, 0.3) is 0 Å². The molecule has 1 aromatic heterocycles. The minimum atomic E-state index is -5.89. The molecule has 0 amide bonds. The smallest absolute Gasteiger partial charge is 0.387 e. The number of nitrogens with one attached hydrogen (secondary N) is 1. The third-order valence-corrected chi connectivity index (χ3v) is 8.25. The largest absolute Gasteiger partial charge is 0.490 e. The van der Waals surface area contributed by atoms with Gasteiger partial charge in [0.2, 0.25) is 5.67 Å². The summed E-state index contributed by atoms with van der Waals surface area (Å²) in [6.45, 7) is -0.196. The summed E-state index contributed by atoms with van der Waals surface area (Å²) in [5, 5.41) is 10.4. The Morgan fingerprint density at radius 1 is 1.18 bits per heavy atom. The van der Waals surface area contributed by atoms with E-state index in [1.807, 2.05) is 0 Å². The lowest BCUT2D eigenvalue weighted by Crippen LogP contribution is -2.51. The van der Waals surface area contributed by atoms with Crippen LogP contribution in [0.2, 0.25) is 0 Å². The van der Waals surface area contributed by atoms with Crippen LogP contribution in [0.3, 0.4) is 0 Å². The third kappa shape index (κ3) is 6.51. The molecule has 21 heteroatoms. The second kappa shape index (κ2) is 9.15. The summed E-state index contributed by atoms with van der Waals surface area (Å²) in [7, 11) is -17.3. The van der Waals surface area contributed by atoms with Gasteiger partial charge < -0.3 is 29.4 Å². The Kier molecular flexibility index (Phi) is 7.79. The molecule has 6 N–H and O–H groups in total. The van der Waals surface area contributed by atoms with Crippen LogP contribution in [0.4, 0.5) is 8.78 Å². The molecule has 16 nitrogen and oxygen atoms in total. The van der Waals surface area contributed by atoms with Crippen molar-refractivity contribution in [1.29, 1.82) is 0 Å². The molecule has 1 aliphatic heterocycles.